The normalized spacial score (nSPS) is 11.7. The van der Waals surface area contributed by atoms with Crippen LogP contribution in [0.5, 0.6) is 0 Å². The molecule has 1 N–H and O–H groups in total. The van der Waals surface area contributed by atoms with Crippen LogP contribution in [0.15, 0.2) is 21.9 Å². The van der Waals surface area contributed by atoms with E-state index in [2.05, 4.69) is 4.98 Å². The fourth-order valence-corrected chi connectivity index (χ4v) is 2.99. The Balaban J connectivity index is 2.76. The standard InChI is InChI=1S/C10H17N2O5P/c1-3-16-18(15,17-4-2)8-7-12-6-5-9(13)11-10(12)14/h5-6H,3-4,7-8H2,1-2H3,(H,11,13,14). The molecular formula is C10H17N2O5P. The number of hydrogen-bond donors (Lipinski definition) is 1. The lowest BCUT2D eigenvalue weighted by Crippen LogP contribution is -2.29. The highest BCUT2D eigenvalue weighted by Crippen LogP contribution is 2.47. The van der Waals surface area contributed by atoms with E-state index in [0.717, 1.165) is 0 Å². The Hall–Kier alpha value is -1.17. The Morgan fingerprint density at radius 1 is 1.28 bits per heavy atom. The molecule has 0 aromatic carbocycles. The Kier molecular flexibility index (Phi) is 5.53. The summed E-state index contributed by atoms with van der Waals surface area (Å²) in [7, 11) is -3.17. The Labute approximate surface area is 104 Å². The van der Waals surface area contributed by atoms with Crippen molar-refractivity contribution in [3.63, 3.8) is 0 Å². The predicted octanol–water partition coefficient (Wildman–Crippen LogP) is 0.803. The van der Waals surface area contributed by atoms with E-state index < -0.39 is 18.8 Å². The fourth-order valence-electron chi connectivity index (χ4n) is 1.41. The van der Waals surface area contributed by atoms with Crippen LogP contribution in [-0.4, -0.2) is 28.9 Å². The highest BCUT2D eigenvalue weighted by atomic mass is 31.2. The molecule has 0 fully saturated rings. The second-order valence-corrected chi connectivity index (χ2v) is 5.66. The van der Waals surface area contributed by atoms with Crippen molar-refractivity contribution >= 4 is 7.60 Å². The molecule has 0 aliphatic heterocycles. The van der Waals surface area contributed by atoms with Crippen LogP contribution >= 0.6 is 7.60 Å². The van der Waals surface area contributed by atoms with Gasteiger partial charge >= 0.3 is 13.3 Å². The Morgan fingerprint density at radius 2 is 1.89 bits per heavy atom. The molecule has 0 aliphatic rings. The van der Waals surface area contributed by atoms with Gasteiger partial charge in [0.2, 0.25) is 0 Å². The molecule has 0 atom stereocenters. The number of rotatable bonds is 7. The number of nitrogens with zero attached hydrogens (tertiary/aromatic N) is 1. The van der Waals surface area contributed by atoms with Gasteiger partial charge in [-0.25, -0.2) is 4.79 Å². The van der Waals surface area contributed by atoms with Gasteiger partial charge in [0.15, 0.2) is 0 Å². The minimum absolute atomic E-state index is 0.0840. The first-order valence-electron chi connectivity index (χ1n) is 5.68. The topological polar surface area (TPSA) is 90.4 Å². The van der Waals surface area contributed by atoms with E-state index in [4.69, 9.17) is 9.05 Å². The third-order valence-corrected chi connectivity index (χ3v) is 4.21. The van der Waals surface area contributed by atoms with Crippen LogP contribution in [0.25, 0.3) is 0 Å². The summed E-state index contributed by atoms with van der Waals surface area (Å²) < 4.78 is 23.6. The Morgan fingerprint density at radius 3 is 2.39 bits per heavy atom. The molecule has 1 aromatic rings. The first kappa shape index (κ1) is 14.9. The summed E-state index contributed by atoms with van der Waals surface area (Å²) in [4.78, 5) is 24.4. The molecule has 0 spiro atoms. The average Bonchev–Trinajstić information content (AvgIpc) is 2.28. The zero-order valence-corrected chi connectivity index (χ0v) is 11.3. The molecule has 0 saturated carbocycles. The molecule has 1 rings (SSSR count). The smallest absolute Gasteiger partial charge is 0.309 e. The van der Waals surface area contributed by atoms with Crippen molar-refractivity contribution < 1.29 is 13.6 Å². The summed E-state index contributed by atoms with van der Waals surface area (Å²) in [6.45, 7) is 4.15. The van der Waals surface area contributed by atoms with E-state index in [9.17, 15) is 14.2 Å². The monoisotopic (exact) mass is 276 g/mol. The maximum atomic E-state index is 12.1. The van der Waals surface area contributed by atoms with Gasteiger partial charge in [0.25, 0.3) is 5.56 Å². The highest BCUT2D eigenvalue weighted by molar-refractivity contribution is 7.53. The summed E-state index contributed by atoms with van der Waals surface area (Å²) in [5, 5.41) is 0. The van der Waals surface area contributed by atoms with Crippen molar-refractivity contribution in [3.8, 4) is 0 Å². The SMILES string of the molecule is CCOP(=O)(CCn1ccc(=O)[nH]c1=O)OCC. The summed E-state index contributed by atoms with van der Waals surface area (Å²) >= 11 is 0. The summed E-state index contributed by atoms with van der Waals surface area (Å²) in [6.07, 6.45) is 1.43. The van der Waals surface area contributed by atoms with Crippen molar-refractivity contribution in [2.45, 2.75) is 20.4 Å². The van der Waals surface area contributed by atoms with E-state index >= 15 is 0 Å². The van der Waals surface area contributed by atoms with Gasteiger partial charge in [-0.3, -0.25) is 18.9 Å². The van der Waals surface area contributed by atoms with Crippen molar-refractivity contribution in [2.24, 2.45) is 0 Å². The van der Waals surface area contributed by atoms with E-state index in [1.165, 1.54) is 16.8 Å². The molecule has 7 nitrogen and oxygen atoms in total. The molecular weight excluding hydrogens is 259 g/mol. The molecule has 0 bridgehead atoms. The minimum Gasteiger partial charge on any atom is -0.309 e. The van der Waals surface area contributed by atoms with Gasteiger partial charge in [0.1, 0.15) is 0 Å². The fraction of sp³-hybridized carbons (Fsp3) is 0.600. The molecule has 18 heavy (non-hydrogen) atoms. The van der Waals surface area contributed by atoms with E-state index in [0.29, 0.717) is 0 Å². The zero-order chi connectivity index (χ0) is 13.6. The first-order chi connectivity index (χ1) is 8.50. The first-order valence-corrected chi connectivity index (χ1v) is 7.41. The number of H-pyrrole nitrogens is 1. The van der Waals surface area contributed by atoms with Gasteiger partial charge in [-0.15, -0.1) is 0 Å². The van der Waals surface area contributed by atoms with Crippen molar-refractivity contribution in [1.82, 2.24) is 9.55 Å². The highest BCUT2D eigenvalue weighted by Gasteiger charge is 2.23. The summed E-state index contributed by atoms with van der Waals surface area (Å²) in [5.41, 5.74) is -1.00. The molecule has 8 heteroatoms. The molecule has 0 amide bonds. The van der Waals surface area contributed by atoms with E-state index in [1.807, 2.05) is 0 Å². The van der Waals surface area contributed by atoms with Gasteiger partial charge in [0, 0.05) is 18.8 Å². The van der Waals surface area contributed by atoms with Gasteiger partial charge in [-0.2, -0.15) is 0 Å². The maximum absolute atomic E-state index is 12.1. The molecule has 1 heterocycles. The minimum atomic E-state index is -3.17. The number of nitrogens with one attached hydrogen (secondary N) is 1. The number of aromatic amines is 1. The van der Waals surface area contributed by atoms with Crippen LogP contribution < -0.4 is 11.2 Å². The molecule has 0 aliphatic carbocycles. The number of hydrogen-bond acceptors (Lipinski definition) is 5. The second-order valence-electron chi connectivity index (χ2n) is 3.47. The maximum Gasteiger partial charge on any atom is 0.332 e. The van der Waals surface area contributed by atoms with Crippen LogP contribution in [0.1, 0.15) is 13.8 Å². The Bertz CT molecular complexity index is 526. The largest absolute Gasteiger partial charge is 0.332 e. The lowest BCUT2D eigenvalue weighted by Gasteiger charge is -2.17. The van der Waals surface area contributed by atoms with Crippen LogP contribution in [0.3, 0.4) is 0 Å². The zero-order valence-electron chi connectivity index (χ0n) is 10.4. The van der Waals surface area contributed by atoms with Gasteiger partial charge in [-0.1, -0.05) is 0 Å². The summed E-state index contributed by atoms with van der Waals surface area (Å²) in [6, 6.07) is 1.23. The van der Waals surface area contributed by atoms with Gasteiger partial charge in [0.05, 0.1) is 19.4 Å². The number of aryl methyl sites for hydroxylation is 1. The quantitative estimate of drug-likeness (QED) is 0.744. The average molecular weight is 276 g/mol. The van der Waals surface area contributed by atoms with Crippen LogP contribution in [0, 0.1) is 0 Å². The van der Waals surface area contributed by atoms with Crippen LogP contribution in [0.4, 0.5) is 0 Å². The third kappa shape index (κ3) is 4.25. The predicted molar refractivity (Wildman–Crippen MR) is 67.0 cm³/mol. The molecule has 0 saturated heterocycles. The second kappa shape index (κ2) is 6.68. The third-order valence-electron chi connectivity index (χ3n) is 2.16. The van der Waals surface area contributed by atoms with Crippen molar-refractivity contribution in [3.05, 3.63) is 33.1 Å². The molecule has 102 valence electrons. The van der Waals surface area contributed by atoms with Gasteiger partial charge in [-0.05, 0) is 13.8 Å². The molecule has 0 radical (unpaired) electrons. The molecule has 0 unspecified atom stereocenters. The summed E-state index contributed by atoms with van der Waals surface area (Å²) in [5.74, 6) is 0. The lowest BCUT2D eigenvalue weighted by molar-refractivity contribution is 0.219. The molecule has 1 aromatic heterocycles. The van der Waals surface area contributed by atoms with Crippen LogP contribution in [-0.2, 0) is 20.2 Å². The lowest BCUT2D eigenvalue weighted by atomic mass is 10.6. The number of aromatic nitrogens is 2. The van der Waals surface area contributed by atoms with E-state index in [1.54, 1.807) is 13.8 Å². The van der Waals surface area contributed by atoms with Crippen molar-refractivity contribution in [1.29, 1.82) is 0 Å². The van der Waals surface area contributed by atoms with Gasteiger partial charge < -0.3 is 9.05 Å². The van der Waals surface area contributed by atoms with Crippen molar-refractivity contribution in [2.75, 3.05) is 19.4 Å². The van der Waals surface area contributed by atoms with Crippen LogP contribution in [0.2, 0.25) is 0 Å². The van der Waals surface area contributed by atoms with E-state index in [-0.39, 0.29) is 25.9 Å².